The molecule has 0 bridgehead atoms. The van der Waals surface area contributed by atoms with Crippen molar-refractivity contribution in [3.8, 4) is 0 Å². The molecule has 7 heterocycles. The number of aliphatic hydroxyl groups excluding tert-OH is 2. The Morgan fingerprint density at radius 1 is 0.746 bits per heavy atom. The Hall–Kier alpha value is -4.16. The highest BCUT2D eigenvalue weighted by Gasteiger charge is 2.51. The monoisotopic (exact) mass is 955 g/mol. The van der Waals surface area contributed by atoms with Crippen molar-refractivity contribution in [3.05, 3.63) is 77.9 Å². The van der Waals surface area contributed by atoms with Gasteiger partial charge in [0.2, 0.25) is 0 Å². The molecular formula is C30H40N9O21P3. The third-order valence-electron chi connectivity index (χ3n) is 10.0. The molecule has 0 spiro atoms. The molecule has 0 saturated carbocycles. The lowest BCUT2D eigenvalue weighted by Crippen LogP contribution is -2.36. The summed E-state index contributed by atoms with van der Waals surface area (Å²) < 4.78 is 84.2. The number of nitrogen functional groups attached to an aromatic ring is 1. The summed E-state index contributed by atoms with van der Waals surface area (Å²) in [5, 5.41) is 22.1. The van der Waals surface area contributed by atoms with Crippen LogP contribution in [-0.4, -0.2) is 131 Å². The van der Waals surface area contributed by atoms with Crippen LogP contribution in [0.25, 0.3) is 11.2 Å². The minimum absolute atomic E-state index is 0.0151. The van der Waals surface area contributed by atoms with Gasteiger partial charge in [-0.15, -0.1) is 0 Å². The molecular weight excluding hydrogens is 915 g/mol. The number of phosphoric acid groups is 3. The van der Waals surface area contributed by atoms with Gasteiger partial charge in [-0.25, -0.2) is 38.2 Å². The van der Waals surface area contributed by atoms with Gasteiger partial charge in [0.15, 0.2) is 17.7 Å². The van der Waals surface area contributed by atoms with E-state index in [-0.39, 0.29) is 34.5 Å². The summed E-state index contributed by atoms with van der Waals surface area (Å²) in [6.07, 6.45) is -11.5. The van der Waals surface area contributed by atoms with Crippen molar-refractivity contribution in [2.75, 3.05) is 25.6 Å². The first-order chi connectivity index (χ1) is 29.5. The van der Waals surface area contributed by atoms with E-state index in [2.05, 4.69) is 29.4 Å². The van der Waals surface area contributed by atoms with E-state index in [0.717, 1.165) is 32.6 Å². The second-order valence-electron chi connectivity index (χ2n) is 14.4. The molecule has 12 atom stereocenters. The van der Waals surface area contributed by atoms with Crippen LogP contribution in [0.5, 0.6) is 0 Å². The predicted molar refractivity (Wildman–Crippen MR) is 204 cm³/mol. The number of H-pyrrole nitrogens is 2. The number of hydrogen-bond donors (Lipinski definition) is 9. The van der Waals surface area contributed by atoms with Gasteiger partial charge in [0.1, 0.15) is 60.9 Å². The highest BCUT2D eigenvalue weighted by molar-refractivity contribution is 7.47. The molecule has 0 aromatic carbocycles. The third-order valence-corrected chi connectivity index (χ3v) is 12.5. The number of nitrogens with zero attached hydrogens (tertiary/aromatic N) is 6. The summed E-state index contributed by atoms with van der Waals surface area (Å²) in [7, 11) is -15.8. The first kappa shape index (κ1) is 46.8. The van der Waals surface area contributed by atoms with E-state index in [1.54, 1.807) is 0 Å². The highest BCUT2D eigenvalue weighted by atomic mass is 31.2. The number of aliphatic hydroxyl groups is 2. The molecule has 346 valence electrons. The summed E-state index contributed by atoms with van der Waals surface area (Å²) in [5.74, 6) is -0.0622. The zero-order chi connectivity index (χ0) is 45.8. The molecule has 3 aliphatic rings. The van der Waals surface area contributed by atoms with Crippen molar-refractivity contribution in [2.45, 2.75) is 88.1 Å². The Morgan fingerprint density at radius 3 is 1.92 bits per heavy atom. The number of hydrogen-bond acceptors (Lipinski definition) is 21. The smallest absolute Gasteiger partial charge is 0.390 e. The van der Waals surface area contributed by atoms with Crippen molar-refractivity contribution < 1.29 is 80.3 Å². The topological polar surface area (TPSA) is 426 Å². The summed E-state index contributed by atoms with van der Waals surface area (Å²) in [4.78, 5) is 105. The lowest BCUT2D eigenvalue weighted by Gasteiger charge is -2.25. The molecule has 0 amide bonds. The number of imidazole rings is 1. The second kappa shape index (κ2) is 18.0. The number of phosphoric ester groups is 3. The summed E-state index contributed by atoms with van der Waals surface area (Å²) >= 11 is 0. The molecule has 10 N–H and O–H groups in total. The molecule has 3 saturated heterocycles. The average molecular weight is 956 g/mol. The van der Waals surface area contributed by atoms with E-state index in [0.29, 0.717) is 0 Å². The summed E-state index contributed by atoms with van der Waals surface area (Å²) in [6.45, 7) is 0.0142. The molecule has 3 aliphatic heterocycles. The molecule has 0 aliphatic carbocycles. The van der Waals surface area contributed by atoms with E-state index in [9.17, 15) is 62.7 Å². The molecule has 4 aromatic rings. The maximum absolute atomic E-state index is 13.5. The van der Waals surface area contributed by atoms with Crippen LogP contribution >= 0.6 is 23.5 Å². The van der Waals surface area contributed by atoms with E-state index in [1.807, 2.05) is 0 Å². The molecule has 63 heavy (non-hydrogen) atoms. The van der Waals surface area contributed by atoms with Crippen molar-refractivity contribution in [1.82, 2.24) is 38.6 Å². The SMILES string of the molecule is Cc1cn([C@H]2C[C@H](OP(=O)(O)OC[C@H]3O[C@@H](n4cnc5c(N)ncnc54)[C@H](O)[C@@H]3OP(=O)(O)OC[C@H]3O[C@@H](n4cc(C)c(=O)[nH]c4=O)C[C@@H]3O)[C@@H](COP(=O)(O)O)O2)c(=O)[nH]c1=O. The van der Waals surface area contributed by atoms with Gasteiger partial charge in [-0.1, -0.05) is 0 Å². The standard InChI is InChI=1S/C30H40N9O21P3/c1-12-5-37(29(44)35-26(12)42)19-3-14(40)16(56-19)7-54-63(51,52)60-23-18(58-28(22(23)41)39-11-34-21-24(31)32-10-33-25(21)39)9-55-62(49,50)59-15-4-20(57-17(15)8-53-61(46,47)48)38-6-13(2)27(43)36-30(38)45/h5-6,10-11,14-20,22-23,28,40-41H,3-4,7-9H2,1-2H3,(H,49,50)(H,51,52)(H2,31,32,33)(H,35,42,44)(H,36,43,45)(H2,46,47,48)/t14-,15-,16+,17+,18+,19+,20+,22+,23+,28+/m0/s1. The first-order valence-electron chi connectivity index (χ1n) is 18.4. The van der Waals surface area contributed by atoms with Gasteiger partial charge < -0.3 is 49.7 Å². The Bertz CT molecular complexity index is 2740. The quantitative estimate of drug-likeness (QED) is 0.0521. The minimum atomic E-state index is -5.34. The Kier molecular flexibility index (Phi) is 13.4. The fraction of sp³-hybridized carbons (Fsp3) is 0.567. The van der Waals surface area contributed by atoms with E-state index in [1.165, 1.54) is 20.0 Å². The number of fused-ring (bicyclic) bond motifs is 1. The number of ether oxygens (including phenoxy) is 3. The number of aromatic amines is 2. The van der Waals surface area contributed by atoms with Gasteiger partial charge in [-0.2, -0.15) is 0 Å². The number of nitrogens with one attached hydrogen (secondary N) is 2. The van der Waals surface area contributed by atoms with Crippen molar-refractivity contribution in [1.29, 1.82) is 0 Å². The first-order valence-corrected chi connectivity index (χ1v) is 22.9. The molecule has 30 nitrogen and oxygen atoms in total. The third kappa shape index (κ3) is 10.5. The number of nitrogens with two attached hydrogens (primary N) is 1. The molecule has 33 heteroatoms. The molecule has 7 rings (SSSR count). The molecule has 3 fully saturated rings. The van der Waals surface area contributed by atoms with E-state index >= 15 is 0 Å². The van der Waals surface area contributed by atoms with Crippen LogP contribution in [-0.2, 0) is 50.5 Å². The van der Waals surface area contributed by atoms with Gasteiger partial charge in [0.25, 0.3) is 11.1 Å². The minimum Gasteiger partial charge on any atom is -0.390 e. The predicted octanol–water partition coefficient (Wildman–Crippen LogP) is -2.57. The zero-order valence-corrected chi connectivity index (χ0v) is 35.2. The van der Waals surface area contributed by atoms with Crippen LogP contribution in [0.3, 0.4) is 0 Å². The summed E-state index contributed by atoms with van der Waals surface area (Å²) in [5.41, 5.74) is 3.06. The van der Waals surface area contributed by atoms with Gasteiger partial charge in [-0.3, -0.25) is 55.9 Å². The maximum atomic E-state index is 13.5. The molecule has 0 radical (unpaired) electrons. The van der Waals surface area contributed by atoms with Crippen LogP contribution < -0.4 is 28.2 Å². The highest BCUT2D eigenvalue weighted by Crippen LogP contribution is 2.52. The molecule has 4 aromatic heterocycles. The van der Waals surface area contributed by atoms with Crippen molar-refractivity contribution >= 4 is 40.4 Å². The largest absolute Gasteiger partial charge is 0.472 e. The van der Waals surface area contributed by atoms with Crippen molar-refractivity contribution in [2.24, 2.45) is 0 Å². The lowest BCUT2D eigenvalue weighted by molar-refractivity contribution is -0.0613. The fourth-order valence-electron chi connectivity index (χ4n) is 6.93. The number of aryl methyl sites for hydroxylation is 2. The van der Waals surface area contributed by atoms with Crippen LogP contribution in [0.1, 0.15) is 42.7 Å². The van der Waals surface area contributed by atoms with Crippen LogP contribution in [0.2, 0.25) is 0 Å². The van der Waals surface area contributed by atoms with Crippen LogP contribution in [0.15, 0.2) is 44.2 Å². The van der Waals surface area contributed by atoms with E-state index < -0.39 is 134 Å². The molecule has 2 unspecified atom stereocenters. The maximum Gasteiger partial charge on any atom is 0.472 e. The van der Waals surface area contributed by atoms with Crippen LogP contribution in [0.4, 0.5) is 5.82 Å². The van der Waals surface area contributed by atoms with Crippen LogP contribution in [0, 0.1) is 13.8 Å². The van der Waals surface area contributed by atoms with Gasteiger partial charge in [0.05, 0.1) is 32.3 Å². The second-order valence-corrected chi connectivity index (χ2v) is 18.5. The van der Waals surface area contributed by atoms with E-state index in [4.69, 9.17) is 38.0 Å². The van der Waals surface area contributed by atoms with Crippen molar-refractivity contribution in [3.63, 3.8) is 0 Å². The van der Waals surface area contributed by atoms with Gasteiger partial charge >= 0.3 is 34.8 Å². The summed E-state index contributed by atoms with van der Waals surface area (Å²) in [6, 6.07) is 0. The average Bonchev–Trinajstić information content (AvgIpc) is 3.97. The Labute approximate surface area is 350 Å². The van der Waals surface area contributed by atoms with Gasteiger partial charge in [-0.05, 0) is 13.8 Å². The Balaban J connectivity index is 1.08. The number of aromatic nitrogens is 8. The normalized spacial score (nSPS) is 29.6. The zero-order valence-electron chi connectivity index (χ0n) is 32.5. The lowest BCUT2D eigenvalue weighted by atomic mass is 10.1. The Morgan fingerprint density at radius 2 is 1.30 bits per heavy atom. The number of rotatable bonds is 16. The fourth-order valence-corrected chi connectivity index (χ4v) is 9.20. The van der Waals surface area contributed by atoms with Gasteiger partial charge in [0, 0.05) is 36.4 Å². The number of anilines is 1.